The minimum absolute atomic E-state index is 0.160. The third kappa shape index (κ3) is 8.38. The van der Waals surface area contributed by atoms with E-state index < -0.39 is 0 Å². The Hall–Kier alpha value is -3.80. The van der Waals surface area contributed by atoms with Gasteiger partial charge in [0.05, 0.1) is 20.4 Å². The number of para-hydroxylation sites is 1. The molecule has 5 heteroatoms. The number of nitrogens with zero attached hydrogens (tertiary/aromatic N) is 1. The molecule has 3 aromatic carbocycles. The predicted molar refractivity (Wildman–Crippen MR) is 156 cm³/mol. The summed E-state index contributed by atoms with van der Waals surface area (Å²) >= 11 is 0. The molecule has 3 aromatic rings. The van der Waals surface area contributed by atoms with Gasteiger partial charge in [0.2, 0.25) is 0 Å². The van der Waals surface area contributed by atoms with E-state index in [0.29, 0.717) is 0 Å². The first kappa shape index (κ1) is 26.3. The van der Waals surface area contributed by atoms with E-state index in [1.807, 2.05) is 24.3 Å². The summed E-state index contributed by atoms with van der Waals surface area (Å²) in [6.07, 6.45) is 14.4. The summed E-state index contributed by atoms with van der Waals surface area (Å²) in [4.78, 5) is 2.46. The van der Waals surface area contributed by atoms with E-state index in [1.165, 1.54) is 22.4 Å². The molecule has 1 aliphatic rings. The molecule has 5 nitrogen and oxygen atoms in total. The van der Waals surface area contributed by atoms with Gasteiger partial charge in [-0.1, -0.05) is 72.8 Å². The Balaban J connectivity index is 1.29. The van der Waals surface area contributed by atoms with Crippen molar-refractivity contribution in [1.82, 2.24) is 10.2 Å². The average Bonchev–Trinajstić information content (AvgIpc) is 2.95. The zero-order chi connectivity index (χ0) is 25.7. The van der Waals surface area contributed by atoms with Gasteiger partial charge >= 0.3 is 0 Å². The molecule has 2 N–H and O–H groups in total. The molecule has 0 saturated heterocycles. The second-order valence-electron chi connectivity index (χ2n) is 8.99. The molecule has 37 heavy (non-hydrogen) atoms. The van der Waals surface area contributed by atoms with Crippen molar-refractivity contribution in [3.8, 4) is 11.5 Å². The van der Waals surface area contributed by atoms with Crippen LogP contribution in [0.4, 0.5) is 5.69 Å². The first-order chi connectivity index (χ1) is 18.2. The summed E-state index contributed by atoms with van der Waals surface area (Å²) in [5, 5.41) is 7.17. The number of ether oxygens (including phenoxy) is 2. The van der Waals surface area contributed by atoms with Gasteiger partial charge in [-0.2, -0.15) is 0 Å². The van der Waals surface area contributed by atoms with Gasteiger partial charge in [0.25, 0.3) is 0 Å². The number of hydrogen-bond donors (Lipinski definition) is 2. The summed E-state index contributed by atoms with van der Waals surface area (Å²) in [7, 11) is 3.38. The molecule has 0 saturated carbocycles. The molecule has 0 bridgehead atoms. The Morgan fingerprint density at radius 3 is 2.00 bits per heavy atom. The number of hydrogen-bond acceptors (Lipinski definition) is 5. The fourth-order valence-electron chi connectivity index (χ4n) is 4.23. The quantitative estimate of drug-likeness (QED) is 0.277. The minimum atomic E-state index is 0.160. The highest BCUT2D eigenvalue weighted by Gasteiger charge is 2.11. The number of anilines is 1. The van der Waals surface area contributed by atoms with Crippen molar-refractivity contribution >= 4 is 23.9 Å². The summed E-state index contributed by atoms with van der Waals surface area (Å²) in [6.45, 7) is 3.70. The van der Waals surface area contributed by atoms with Gasteiger partial charge < -0.3 is 14.8 Å². The van der Waals surface area contributed by atoms with Gasteiger partial charge in [-0.15, -0.1) is 0 Å². The molecule has 1 unspecified atom stereocenters. The maximum absolute atomic E-state index is 5.26. The van der Waals surface area contributed by atoms with E-state index in [1.54, 1.807) is 14.2 Å². The lowest BCUT2D eigenvalue weighted by Crippen LogP contribution is -2.37. The fourth-order valence-corrected chi connectivity index (χ4v) is 4.23. The van der Waals surface area contributed by atoms with Crippen LogP contribution in [0.2, 0.25) is 0 Å². The van der Waals surface area contributed by atoms with Crippen molar-refractivity contribution in [2.75, 3.05) is 45.7 Å². The Morgan fingerprint density at radius 1 is 0.811 bits per heavy atom. The highest BCUT2D eigenvalue weighted by Crippen LogP contribution is 2.21. The molecule has 4 rings (SSSR count). The van der Waals surface area contributed by atoms with Crippen molar-refractivity contribution in [3.05, 3.63) is 108 Å². The van der Waals surface area contributed by atoms with Gasteiger partial charge in [0.1, 0.15) is 11.5 Å². The summed E-state index contributed by atoms with van der Waals surface area (Å²) < 4.78 is 10.5. The van der Waals surface area contributed by atoms with E-state index in [4.69, 9.17) is 9.47 Å². The summed E-state index contributed by atoms with van der Waals surface area (Å²) in [6, 6.07) is 24.7. The van der Waals surface area contributed by atoms with Crippen LogP contribution in [-0.4, -0.2) is 51.5 Å². The Kier molecular flexibility index (Phi) is 9.99. The number of nitrogens with one attached hydrogen (secondary N) is 2. The largest absolute Gasteiger partial charge is 0.497 e. The van der Waals surface area contributed by atoms with E-state index in [-0.39, 0.29) is 6.17 Å². The molecular formula is C32H37N3O2. The van der Waals surface area contributed by atoms with Crippen LogP contribution in [0, 0.1) is 0 Å². The fraction of sp³-hybridized carbons (Fsp3) is 0.250. The monoisotopic (exact) mass is 495 g/mol. The van der Waals surface area contributed by atoms with Crippen molar-refractivity contribution in [1.29, 1.82) is 0 Å². The molecule has 192 valence electrons. The van der Waals surface area contributed by atoms with Gasteiger partial charge in [0.15, 0.2) is 0 Å². The van der Waals surface area contributed by atoms with Crippen LogP contribution in [-0.2, 0) is 0 Å². The lowest BCUT2D eigenvalue weighted by Gasteiger charge is -2.24. The van der Waals surface area contributed by atoms with Crippen molar-refractivity contribution in [3.63, 3.8) is 0 Å². The minimum Gasteiger partial charge on any atom is -0.497 e. The van der Waals surface area contributed by atoms with Crippen molar-refractivity contribution < 1.29 is 9.47 Å². The second kappa shape index (κ2) is 14.1. The molecule has 0 aliphatic carbocycles. The molecule has 0 spiro atoms. The van der Waals surface area contributed by atoms with Crippen molar-refractivity contribution in [2.24, 2.45) is 0 Å². The molecule has 0 amide bonds. The van der Waals surface area contributed by atoms with E-state index in [0.717, 1.165) is 44.1 Å². The molecule has 0 aromatic heterocycles. The van der Waals surface area contributed by atoms with Crippen LogP contribution in [0.25, 0.3) is 18.2 Å². The number of methoxy groups -OCH3 is 2. The average molecular weight is 496 g/mol. The van der Waals surface area contributed by atoms with Gasteiger partial charge in [0, 0.05) is 18.8 Å². The molecule has 0 radical (unpaired) electrons. The molecular weight excluding hydrogens is 458 g/mol. The van der Waals surface area contributed by atoms with Gasteiger partial charge in [-0.25, -0.2) is 0 Å². The zero-order valence-corrected chi connectivity index (χ0v) is 21.8. The Bertz CT molecular complexity index is 1120. The number of fused-ring (bicyclic) bond motifs is 1. The lowest BCUT2D eigenvalue weighted by atomic mass is 10.1. The highest BCUT2D eigenvalue weighted by atomic mass is 16.5. The highest BCUT2D eigenvalue weighted by molar-refractivity contribution is 5.70. The van der Waals surface area contributed by atoms with Crippen LogP contribution in [0.15, 0.2) is 91.0 Å². The molecule has 1 atom stereocenters. The first-order valence-electron chi connectivity index (χ1n) is 12.8. The Labute approximate surface area is 221 Å². The predicted octanol–water partition coefficient (Wildman–Crippen LogP) is 6.18. The maximum Gasteiger partial charge on any atom is 0.118 e. The van der Waals surface area contributed by atoms with Crippen LogP contribution >= 0.6 is 0 Å². The topological polar surface area (TPSA) is 45.8 Å². The van der Waals surface area contributed by atoms with E-state index in [2.05, 4.69) is 101 Å². The standard InChI is InChI=1S/C32H37N3O2/c1-36-29-17-12-26(13-18-29)8-5-23-35(24-6-9-27-14-19-30(37-2)20-15-27)25-7-22-33-32-21-16-28-10-3-4-11-31(28)34-32/h3-6,8-21,32-34H,7,22-25H2,1-2H3. The maximum atomic E-state index is 5.26. The summed E-state index contributed by atoms with van der Waals surface area (Å²) in [5.74, 6) is 1.75. The second-order valence-corrected chi connectivity index (χ2v) is 8.99. The van der Waals surface area contributed by atoms with E-state index in [9.17, 15) is 0 Å². The zero-order valence-electron chi connectivity index (χ0n) is 21.8. The number of benzene rings is 3. The Morgan fingerprint density at radius 2 is 1.41 bits per heavy atom. The van der Waals surface area contributed by atoms with Gasteiger partial charge in [-0.3, -0.25) is 10.2 Å². The third-order valence-corrected chi connectivity index (χ3v) is 6.33. The SMILES string of the molecule is COc1ccc(C=CCN(CC=Cc2ccc(OC)cc2)CCCNC2C=Cc3ccccc3N2)cc1. The molecule has 1 heterocycles. The number of rotatable bonds is 13. The van der Waals surface area contributed by atoms with Gasteiger partial charge in [-0.05, 0) is 72.6 Å². The molecule has 0 fully saturated rings. The van der Waals surface area contributed by atoms with Crippen LogP contribution in [0.1, 0.15) is 23.1 Å². The van der Waals surface area contributed by atoms with Crippen LogP contribution < -0.4 is 20.1 Å². The first-order valence-corrected chi connectivity index (χ1v) is 12.8. The third-order valence-electron chi connectivity index (χ3n) is 6.33. The smallest absolute Gasteiger partial charge is 0.118 e. The van der Waals surface area contributed by atoms with E-state index >= 15 is 0 Å². The van der Waals surface area contributed by atoms with Crippen LogP contribution in [0.5, 0.6) is 11.5 Å². The lowest BCUT2D eigenvalue weighted by molar-refractivity contribution is 0.327. The molecule has 1 aliphatic heterocycles. The normalized spacial score (nSPS) is 14.7. The summed E-state index contributed by atoms with van der Waals surface area (Å²) in [5.41, 5.74) is 4.76. The van der Waals surface area contributed by atoms with Crippen molar-refractivity contribution in [2.45, 2.75) is 12.6 Å². The van der Waals surface area contributed by atoms with Crippen LogP contribution in [0.3, 0.4) is 0 Å².